The zero-order valence-corrected chi connectivity index (χ0v) is 16.8. The van der Waals surface area contributed by atoms with E-state index in [1.165, 1.54) is 31.5 Å². The van der Waals surface area contributed by atoms with E-state index in [-0.39, 0.29) is 6.61 Å². The molecule has 0 spiro atoms. The molecule has 2 fully saturated rings. The molecule has 1 N–H and O–H groups in total. The van der Waals surface area contributed by atoms with Crippen molar-refractivity contribution >= 4 is 0 Å². The zero-order chi connectivity index (χ0) is 18.5. The number of aliphatic hydroxyl groups excluding tert-OH is 1. The molecule has 3 rings (SSSR count). The van der Waals surface area contributed by atoms with Crippen molar-refractivity contribution in [1.82, 2.24) is 24.5 Å². The Morgan fingerprint density at radius 3 is 2.58 bits per heavy atom. The molecular weight excluding hydrogens is 326 g/mol. The number of likely N-dealkylation sites (tertiary alicyclic amines) is 1. The van der Waals surface area contributed by atoms with Gasteiger partial charge in [0.05, 0.1) is 6.20 Å². The standard InChI is InChI=1S/C20H37N5O/c1-4-24-15-18(13-21-24)14-22-10-11-25(20(16-22)7-12-26)19-5-8-23(9-6-19)17(2)3/h13,15,17,19-20,26H,4-12,14,16H2,1-3H3/t20-/m1/s1. The molecule has 6 nitrogen and oxygen atoms in total. The summed E-state index contributed by atoms with van der Waals surface area (Å²) in [5.74, 6) is 0. The molecule has 3 heterocycles. The van der Waals surface area contributed by atoms with Gasteiger partial charge in [-0.05, 0) is 53.1 Å². The zero-order valence-electron chi connectivity index (χ0n) is 16.8. The molecule has 26 heavy (non-hydrogen) atoms. The Morgan fingerprint density at radius 1 is 1.19 bits per heavy atom. The van der Waals surface area contributed by atoms with Gasteiger partial charge in [0.25, 0.3) is 0 Å². The van der Waals surface area contributed by atoms with Gasteiger partial charge >= 0.3 is 0 Å². The number of nitrogens with zero attached hydrogens (tertiary/aromatic N) is 5. The van der Waals surface area contributed by atoms with Gasteiger partial charge in [-0.3, -0.25) is 14.5 Å². The first-order chi connectivity index (χ1) is 12.6. The van der Waals surface area contributed by atoms with Crippen molar-refractivity contribution in [3.8, 4) is 0 Å². The average molecular weight is 364 g/mol. The number of hydrogen-bond acceptors (Lipinski definition) is 5. The fourth-order valence-corrected chi connectivity index (χ4v) is 4.62. The van der Waals surface area contributed by atoms with Crippen molar-refractivity contribution in [2.45, 2.75) is 71.2 Å². The summed E-state index contributed by atoms with van der Waals surface area (Å²) >= 11 is 0. The number of piperidine rings is 1. The van der Waals surface area contributed by atoms with Crippen molar-refractivity contribution in [2.75, 3.05) is 39.3 Å². The lowest BCUT2D eigenvalue weighted by Crippen LogP contribution is -2.58. The molecule has 1 aromatic rings. The second-order valence-electron chi connectivity index (χ2n) is 8.20. The largest absolute Gasteiger partial charge is 0.396 e. The molecule has 2 aliphatic heterocycles. The molecule has 0 aliphatic carbocycles. The van der Waals surface area contributed by atoms with Gasteiger partial charge in [-0.15, -0.1) is 0 Å². The van der Waals surface area contributed by atoms with Crippen LogP contribution in [-0.4, -0.2) is 87.0 Å². The van der Waals surface area contributed by atoms with Crippen LogP contribution < -0.4 is 0 Å². The Bertz CT molecular complexity index is 538. The topological polar surface area (TPSA) is 47.8 Å². The minimum Gasteiger partial charge on any atom is -0.396 e. The van der Waals surface area contributed by atoms with E-state index in [4.69, 9.17) is 0 Å². The number of aryl methyl sites for hydroxylation is 1. The third-order valence-electron chi connectivity index (χ3n) is 6.19. The van der Waals surface area contributed by atoms with Crippen molar-refractivity contribution in [3.05, 3.63) is 18.0 Å². The molecule has 0 aromatic carbocycles. The smallest absolute Gasteiger partial charge is 0.0534 e. The molecule has 0 unspecified atom stereocenters. The first kappa shape index (κ1) is 19.8. The van der Waals surface area contributed by atoms with Crippen LogP contribution in [0.3, 0.4) is 0 Å². The first-order valence-electron chi connectivity index (χ1n) is 10.4. The van der Waals surface area contributed by atoms with Gasteiger partial charge in [0, 0.05) is 69.2 Å². The Hall–Kier alpha value is -0.950. The highest BCUT2D eigenvalue weighted by Crippen LogP contribution is 2.24. The highest BCUT2D eigenvalue weighted by Gasteiger charge is 2.33. The normalized spacial score (nSPS) is 24.6. The molecule has 148 valence electrons. The molecule has 2 saturated heterocycles. The molecular formula is C20H37N5O. The van der Waals surface area contributed by atoms with E-state index in [0.717, 1.165) is 39.1 Å². The van der Waals surface area contributed by atoms with Gasteiger partial charge in [0.2, 0.25) is 0 Å². The first-order valence-corrected chi connectivity index (χ1v) is 10.4. The van der Waals surface area contributed by atoms with Gasteiger partial charge in [-0.2, -0.15) is 5.10 Å². The molecule has 6 heteroatoms. The minimum atomic E-state index is 0.285. The van der Waals surface area contributed by atoms with Crippen LogP contribution in [0.25, 0.3) is 0 Å². The summed E-state index contributed by atoms with van der Waals surface area (Å²) in [7, 11) is 0. The van der Waals surface area contributed by atoms with E-state index in [9.17, 15) is 5.11 Å². The Morgan fingerprint density at radius 2 is 1.96 bits per heavy atom. The van der Waals surface area contributed by atoms with Crippen LogP contribution in [-0.2, 0) is 13.1 Å². The molecule has 1 aromatic heterocycles. The Kier molecular flexibility index (Phi) is 7.09. The average Bonchev–Trinajstić information content (AvgIpc) is 3.10. The van der Waals surface area contributed by atoms with Gasteiger partial charge in [0.15, 0.2) is 0 Å². The van der Waals surface area contributed by atoms with Crippen molar-refractivity contribution in [3.63, 3.8) is 0 Å². The number of hydrogen-bond donors (Lipinski definition) is 1. The fraction of sp³-hybridized carbons (Fsp3) is 0.850. The maximum absolute atomic E-state index is 9.59. The van der Waals surface area contributed by atoms with E-state index in [2.05, 4.69) is 46.8 Å². The van der Waals surface area contributed by atoms with Crippen LogP contribution in [0, 0.1) is 0 Å². The van der Waals surface area contributed by atoms with Crippen LogP contribution in [0.5, 0.6) is 0 Å². The van der Waals surface area contributed by atoms with Crippen molar-refractivity contribution in [1.29, 1.82) is 0 Å². The Balaban J connectivity index is 1.56. The second kappa shape index (κ2) is 9.31. The van der Waals surface area contributed by atoms with Gasteiger partial charge in [-0.1, -0.05) is 0 Å². The number of rotatable bonds is 7. The maximum atomic E-state index is 9.59. The fourth-order valence-electron chi connectivity index (χ4n) is 4.62. The van der Waals surface area contributed by atoms with E-state index < -0.39 is 0 Å². The van der Waals surface area contributed by atoms with Crippen LogP contribution in [0.2, 0.25) is 0 Å². The SMILES string of the molecule is CCn1cc(CN2CCN(C3CCN(C(C)C)CC3)[C@H](CCO)C2)cn1. The van der Waals surface area contributed by atoms with Gasteiger partial charge < -0.3 is 10.0 Å². The highest BCUT2D eigenvalue weighted by atomic mass is 16.3. The summed E-state index contributed by atoms with van der Waals surface area (Å²) in [6.07, 6.45) is 7.58. The minimum absolute atomic E-state index is 0.285. The molecule has 0 radical (unpaired) electrons. The second-order valence-corrected chi connectivity index (χ2v) is 8.20. The number of aliphatic hydroxyl groups is 1. The summed E-state index contributed by atoms with van der Waals surface area (Å²) in [4.78, 5) is 7.84. The molecule has 0 saturated carbocycles. The lowest BCUT2D eigenvalue weighted by Gasteiger charge is -2.48. The lowest BCUT2D eigenvalue weighted by atomic mass is 9.97. The van der Waals surface area contributed by atoms with Crippen LogP contribution in [0.1, 0.15) is 45.6 Å². The third-order valence-corrected chi connectivity index (χ3v) is 6.19. The molecule has 0 bridgehead atoms. The van der Waals surface area contributed by atoms with E-state index in [1.54, 1.807) is 0 Å². The van der Waals surface area contributed by atoms with E-state index >= 15 is 0 Å². The molecule has 1 atom stereocenters. The highest BCUT2D eigenvalue weighted by molar-refractivity contribution is 5.04. The van der Waals surface area contributed by atoms with Crippen LogP contribution >= 0.6 is 0 Å². The van der Waals surface area contributed by atoms with E-state index in [0.29, 0.717) is 18.1 Å². The monoisotopic (exact) mass is 363 g/mol. The van der Waals surface area contributed by atoms with E-state index in [1.807, 2.05) is 10.9 Å². The summed E-state index contributed by atoms with van der Waals surface area (Å²) in [6, 6.07) is 1.82. The van der Waals surface area contributed by atoms with Crippen LogP contribution in [0.15, 0.2) is 12.4 Å². The van der Waals surface area contributed by atoms with Crippen molar-refractivity contribution < 1.29 is 5.11 Å². The van der Waals surface area contributed by atoms with Gasteiger partial charge in [0.1, 0.15) is 0 Å². The molecule has 2 aliphatic rings. The van der Waals surface area contributed by atoms with Gasteiger partial charge in [-0.25, -0.2) is 0 Å². The summed E-state index contributed by atoms with van der Waals surface area (Å²) in [6.45, 7) is 14.6. The summed E-state index contributed by atoms with van der Waals surface area (Å²) in [5.41, 5.74) is 1.30. The molecule has 0 amide bonds. The van der Waals surface area contributed by atoms with Crippen LogP contribution in [0.4, 0.5) is 0 Å². The summed E-state index contributed by atoms with van der Waals surface area (Å²) in [5, 5.41) is 14.0. The Labute approximate surface area is 158 Å². The quantitative estimate of drug-likeness (QED) is 0.798. The van der Waals surface area contributed by atoms with Crippen molar-refractivity contribution in [2.24, 2.45) is 0 Å². The number of piperazine rings is 1. The lowest BCUT2D eigenvalue weighted by molar-refractivity contribution is -0.0000357. The predicted octanol–water partition coefficient (Wildman–Crippen LogP) is 1.64. The maximum Gasteiger partial charge on any atom is 0.0534 e. The predicted molar refractivity (Wildman–Crippen MR) is 105 cm³/mol. The third kappa shape index (κ3) is 4.85. The number of aromatic nitrogens is 2. The summed E-state index contributed by atoms with van der Waals surface area (Å²) < 4.78 is 2.00.